The zero-order valence-corrected chi connectivity index (χ0v) is 14.8. The molecular weight excluding hydrogens is 372 g/mol. The van der Waals surface area contributed by atoms with Gasteiger partial charge in [-0.3, -0.25) is 20.4 Å². The van der Waals surface area contributed by atoms with Crippen molar-refractivity contribution in [2.45, 2.75) is 0 Å². The third kappa shape index (κ3) is 3.03. The monoisotopic (exact) mass is 384 g/mol. The van der Waals surface area contributed by atoms with Gasteiger partial charge in [0, 0.05) is 11.1 Å². The fourth-order valence-corrected chi connectivity index (χ4v) is 3.92. The second-order valence-electron chi connectivity index (χ2n) is 5.38. The molecule has 4 aromatic rings. The molecule has 0 spiro atoms. The molecular formula is C16H12N6O2S2. The molecule has 0 aliphatic rings. The second kappa shape index (κ2) is 6.24. The van der Waals surface area contributed by atoms with Gasteiger partial charge in [-0.05, 0) is 36.4 Å². The topological polar surface area (TPSA) is 136 Å². The first-order valence-corrected chi connectivity index (χ1v) is 9.06. The number of nitrogens with two attached hydrogens (primary N) is 2. The molecule has 26 heavy (non-hydrogen) atoms. The summed E-state index contributed by atoms with van der Waals surface area (Å²) < 4.78 is 1.69. The largest absolute Gasteiger partial charge is 0.375 e. The van der Waals surface area contributed by atoms with Crippen LogP contribution in [0.25, 0.3) is 20.4 Å². The molecule has 0 atom stereocenters. The number of hydrazine groups is 1. The molecule has 130 valence electrons. The zero-order chi connectivity index (χ0) is 18.3. The Morgan fingerprint density at radius 3 is 2.08 bits per heavy atom. The molecule has 2 heterocycles. The van der Waals surface area contributed by atoms with Crippen LogP contribution in [0.4, 0.5) is 10.3 Å². The summed E-state index contributed by atoms with van der Waals surface area (Å²) in [5, 5.41) is 0.869. The molecule has 2 amide bonds. The highest BCUT2D eigenvalue weighted by Gasteiger charge is 2.12. The van der Waals surface area contributed by atoms with Gasteiger partial charge in [0.1, 0.15) is 0 Å². The van der Waals surface area contributed by atoms with Gasteiger partial charge in [-0.1, -0.05) is 22.7 Å². The van der Waals surface area contributed by atoms with Crippen molar-refractivity contribution in [1.82, 2.24) is 20.8 Å². The summed E-state index contributed by atoms with van der Waals surface area (Å²) in [6.45, 7) is 0. The van der Waals surface area contributed by atoms with Crippen LogP contribution in [0, 0.1) is 0 Å². The Hall–Kier alpha value is -3.24. The van der Waals surface area contributed by atoms with E-state index in [1.54, 1.807) is 36.4 Å². The number of hydrogen-bond acceptors (Lipinski definition) is 8. The van der Waals surface area contributed by atoms with Crippen LogP contribution in [0.3, 0.4) is 0 Å². The van der Waals surface area contributed by atoms with Gasteiger partial charge in [-0.15, -0.1) is 0 Å². The van der Waals surface area contributed by atoms with E-state index in [4.69, 9.17) is 11.5 Å². The Morgan fingerprint density at radius 2 is 1.35 bits per heavy atom. The van der Waals surface area contributed by atoms with Crippen LogP contribution in [-0.2, 0) is 0 Å². The fourth-order valence-electron chi connectivity index (χ4n) is 2.43. The number of hydrogen-bond donors (Lipinski definition) is 4. The summed E-state index contributed by atoms with van der Waals surface area (Å²) in [4.78, 5) is 32.8. The van der Waals surface area contributed by atoms with Gasteiger partial charge in [0.05, 0.1) is 20.4 Å². The molecule has 0 aliphatic heterocycles. The second-order valence-corrected chi connectivity index (χ2v) is 7.50. The van der Waals surface area contributed by atoms with E-state index in [2.05, 4.69) is 20.8 Å². The average Bonchev–Trinajstić information content (AvgIpc) is 3.17. The van der Waals surface area contributed by atoms with Crippen molar-refractivity contribution in [2.75, 3.05) is 11.5 Å². The Balaban J connectivity index is 1.47. The molecule has 0 bridgehead atoms. The molecule has 6 N–H and O–H groups in total. The Bertz CT molecular complexity index is 1070. The van der Waals surface area contributed by atoms with Gasteiger partial charge in [0.15, 0.2) is 10.3 Å². The van der Waals surface area contributed by atoms with Crippen molar-refractivity contribution >= 4 is 65.2 Å². The van der Waals surface area contributed by atoms with Gasteiger partial charge in [-0.25, -0.2) is 9.97 Å². The lowest BCUT2D eigenvalue weighted by molar-refractivity contribution is 0.0847. The van der Waals surface area contributed by atoms with Crippen LogP contribution in [-0.4, -0.2) is 21.8 Å². The van der Waals surface area contributed by atoms with Gasteiger partial charge < -0.3 is 11.5 Å². The van der Waals surface area contributed by atoms with Crippen LogP contribution in [0.15, 0.2) is 36.4 Å². The van der Waals surface area contributed by atoms with E-state index in [1.165, 1.54) is 22.7 Å². The number of carbonyl (C=O) groups excluding carboxylic acids is 2. The SMILES string of the molecule is Nc1nc2cc(C(=O)NNC(=O)c3ccc4nc(N)sc4c3)ccc2s1. The first-order valence-electron chi connectivity index (χ1n) is 7.42. The maximum Gasteiger partial charge on any atom is 0.269 e. The normalized spacial score (nSPS) is 10.9. The Kier molecular flexibility index (Phi) is 3.90. The zero-order valence-electron chi connectivity index (χ0n) is 13.1. The first-order chi connectivity index (χ1) is 12.5. The van der Waals surface area contributed by atoms with E-state index in [9.17, 15) is 9.59 Å². The molecule has 4 rings (SSSR count). The number of thiazole rings is 2. The summed E-state index contributed by atoms with van der Waals surface area (Å²) in [5.41, 5.74) is 18.2. The number of rotatable bonds is 2. The van der Waals surface area contributed by atoms with E-state index in [1.807, 2.05) is 0 Å². The van der Waals surface area contributed by atoms with E-state index in [-0.39, 0.29) is 0 Å². The number of nitrogens with zero attached hydrogens (tertiary/aromatic N) is 2. The molecule has 0 radical (unpaired) electrons. The summed E-state index contributed by atoms with van der Waals surface area (Å²) >= 11 is 2.63. The highest BCUT2D eigenvalue weighted by atomic mass is 32.1. The van der Waals surface area contributed by atoms with Crippen molar-refractivity contribution in [1.29, 1.82) is 0 Å². The average molecular weight is 384 g/mol. The number of carbonyl (C=O) groups is 2. The summed E-state index contributed by atoms with van der Waals surface area (Å²) in [5.74, 6) is -0.888. The maximum absolute atomic E-state index is 12.2. The number of benzene rings is 2. The third-order valence-corrected chi connectivity index (χ3v) is 5.34. The van der Waals surface area contributed by atoms with Gasteiger partial charge in [-0.2, -0.15) is 0 Å². The number of aromatic nitrogens is 2. The quantitative estimate of drug-likeness (QED) is 0.391. The lowest BCUT2D eigenvalue weighted by Gasteiger charge is -2.07. The molecule has 10 heteroatoms. The molecule has 0 fully saturated rings. The van der Waals surface area contributed by atoms with Crippen LogP contribution in [0.5, 0.6) is 0 Å². The third-order valence-electron chi connectivity index (χ3n) is 3.62. The van der Waals surface area contributed by atoms with E-state index < -0.39 is 11.8 Å². The summed E-state index contributed by atoms with van der Waals surface area (Å²) in [7, 11) is 0. The number of fused-ring (bicyclic) bond motifs is 2. The highest BCUT2D eigenvalue weighted by molar-refractivity contribution is 7.22. The number of anilines is 2. The molecule has 2 aromatic carbocycles. The molecule has 0 saturated carbocycles. The minimum absolute atomic E-state index is 0.369. The molecule has 0 saturated heterocycles. The lowest BCUT2D eigenvalue weighted by atomic mass is 10.2. The van der Waals surface area contributed by atoms with Gasteiger partial charge in [0.25, 0.3) is 11.8 Å². The minimum atomic E-state index is -0.449. The number of amides is 2. The van der Waals surface area contributed by atoms with Crippen molar-refractivity contribution < 1.29 is 9.59 Å². The van der Waals surface area contributed by atoms with Crippen LogP contribution >= 0.6 is 22.7 Å². The van der Waals surface area contributed by atoms with E-state index >= 15 is 0 Å². The number of nitrogen functional groups attached to an aromatic ring is 2. The smallest absolute Gasteiger partial charge is 0.269 e. The Labute approximate surface area is 154 Å². The molecule has 0 aliphatic carbocycles. The maximum atomic E-state index is 12.2. The van der Waals surface area contributed by atoms with Crippen molar-refractivity contribution in [3.8, 4) is 0 Å². The predicted octanol–water partition coefficient (Wildman–Crippen LogP) is 2.15. The summed E-state index contributed by atoms with van der Waals surface area (Å²) in [6, 6.07) is 10.0. The predicted molar refractivity (Wildman–Crippen MR) is 103 cm³/mol. The van der Waals surface area contributed by atoms with Gasteiger partial charge >= 0.3 is 0 Å². The Morgan fingerprint density at radius 1 is 0.769 bits per heavy atom. The van der Waals surface area contributed by atoms with Gasteiger partial charge in [0.2, 0.25) is 0 Å². The van der Waals surface area contributed by atoms with Crippen LogP contribution in [0.2, 0.25) is 0 Å². The minimum Gasteiger partial charge on any atom is -0.375 e. The van der Waals surface area contributed by atoms with Crippen molar-refractivity contribution in [3.63, 3.8) is 0 Å². The van der Waals surface area contributed by atoms with E-state index in [0.29, 0.717) is 26.9 Å². The fraction of sp³-hybridized carbons (Fsp3) is 0. The lowest BCUT2D eigenvalue weighted by Crippen LogP contribution is -2.41. The van der Waals surface area contributed by atoms with Crippen LogP contribution in [0.1, 0.15) is 20.7 Å². The highest BCUT2D eigenvalue weighted by Crippen LogP contribution is 2.25. The molecule has 2 aromatic heterocycles. The summed E-state index contributed by atoms with van der Waals surface area (Å²) in [6.07, 6.45) is 0. The van der Waals surface area contributed by atoms with E-state index in [0.717, 1.165) is 14.9 Å². The first kappa shape index (κ1) is 16.2. The number of nitrogens with one attached hydrogen (secondary N) is 2. The molecule has 8 nitrogen and oxygen atoms in total. The standard InChI is InChI=1S/C16H12N6O2S2/c17-15-19-9-3-1-8(6-12(9)26-15)14(24)22-21-13(23)7-2-4-11-10(5-7)20-16(18)25-11/h1-6H,(H2,17,19)(H2,18,20)(H,21,23)(H,22,24). The van der Waals surface area contributed by atoms with Crippen LogP contribution < -0.4 is 22.3 Å². The molecule has 0 unspecified atom stereocenters. The van der Waals surface area contributed by atoms with Crippen molar-refractivity contribution in [2.24, 2.45) is 0 Å². The van der Waals surface area contributed by atoms with Crippen molar-refractivity contribution in [3.05, 3.63) is 47.5 Å².